The quantitative estimate of drug-likeness (QED) is 0.753. The van der Waals surface area contributed by atoms with E-state index in [1.807, 2.05) is 11.4 Å². The summed E-state index contributed by atoms with van der Waals surface area (Å²) in [6, 6.07) is 1.91. The van der Waals surface area contributed by atoms with Gasteiger partial charge in [0.15, 0.2) is 9.84 Å². The Bertz CT molecular complexity index is 411. The van der Waals surface area contributed by atoms with Gasteiger partial charge in [0.05, 0.1) is 17.7 Å². The molecule has 92 valence electrons. The molecule has 1 aromatic rings. The predicted octanol–water partition coefficient (Wildman–Crippen LogP) is 1.28. The molecule has 4 nitrogen and oxygen atoms in total. The molecule has 0 fully saturated rings. The first-order chi connectivity index (χ1) is 7.59. The second-order valence-electron chi connectivity index (χ2n) is 3.33. The van der Waals surface area contributed by atoms with Gasteiger partial charge in [0.25, 0.3) is 0 Å². The predicted molar refractivity (Wildman–Crippen MR) is 66.9 cm³/mol. The smallest absolute Gasteiger partial charge is 0.151 e. The lowest BCUT2D eigenvalue weighted by atomic mass is 10.4. The van der Waals surface area contributed by atoms with Gasteiger partial charge in [0, 0.05) is 18.8 Å². The lowest BCUT2D eigenvalue weighted by Gasteiger charge is -2.05. The van der Waals surface area contributed by atoms with Crippen molar-refractivity contribution in [3.05, 3.63) is 16.3 Å². The van der Waals surface area contributed by atoms with E-state index in [1.54, 1.807) is 25.4 Å². The minimum absolute atomic E-state index is 0.192. The van der Waals surface area contributed by atoms with Gasteiger partial charge in [-0.15, -0.1) is 11.3 Å². The van der Waals surface area contributed by atoms with Crippen LogP contribution in [0.15, 0.2) is 11.4 Å². The van der Waals surface area contributed by atoms with Gasteiger partial charge in [-0.1, -0.05) is 6.92 Å². The van der Waals surface area contributed by atoms with Crippen LogP contribution in [-0.2, 0) is 16.4 Å². The van der Waals surface area contributed by atoms with Crippen molar-refractivity contribution in [1.82, 2.24) is 5.32 Å². The molecule has 1 aromatic heterocycles. The van der Waals surface area contributed by atoms with Crippen molar-refractivity contribution >= 4 is 21.2 Å². The molecule has 0 saturated carbocycles. The van der Waals surface area contributed by atoms with Crippen molar-refractivity contribution in [3.8, 4) is 5.75 Å². The summed E-state index contributed by atoms with van der Waals surface area (Å²) in [5, 5.41) is 5.06. The molecule has 1 heterocycles. The van der Waals surface area contributed by atoms with Crippen molar-refractivity contribution in [1.29, 1.82) is 0 Å². The molecule has 16 heavy (non-hydrogen) atoms. The number of hydrogen-bond donors (Lipinski definition) is 1. The molecule has 1 N–H and O–H groups in total. The standard InChI is InChI=1S/C10H17NO3S2/c1-3-16(12,13)7-5-11-8-10-9(14-2)4-6-15-10/h4,6,11H,3,5,7-8H2,1-2H3. The highest BCUT2D eigenvalue weighted by Gasteiger charge is 2.07. The van der Waals surface area contributed by atoms with Gasteiger partial charge in [-0.2, -0.15) is 0 Å². The summed E-state index contributed by atoms with van der Waals surface area (Å²) >= 11 is 1.60. The van der Waals surface area contributed by atoms with Gasteiger partial charge in [0.2, 0.25) is 0 Å². The summed E-state index contributed by atoms with van der Waals surface area (Å²) in [4.78, 5) is 1.09. The third-order valence-corrected chi connectivity index (χ3v) is 4.85. The fraction of sp³-hybridized carbons (Fsp3) is 0.600. The van der Waals surface area contributed by atoms with Crippen LogP contribution in [0.2, 0.25) is 0 Å². The first-order valence-electron chi connectivity index (χ1n) is 5.10. The summed E-state index contributed by atoms with van der Waals surface area (Å²) in [6.07, 6.45) is 0. The Morgan fingerprint density at radius 2 is 2.25 bits per heavy atom. The van der Waals surface area contributed by atoms with E-state index in [4.69, 9.17) is 4.74 Å². The van der Waals surface area contributed by atoms with Crippen molar-refractivity contribution in [2.24, 2.45) is 0 Å². The van der Waals surface area contributed by atoms with Crippen LogP contribution in [0.25, 0.3) is 0 Å². The van der Waals surface area contributed by atoms with Crippen molar-refractivity contribution in [2.45, 2.75) is 13.5 Å². The van der Waals surface area contributed by atoms with Crippen molar-refractivity contribution in [2.75, 3.05) is 25.2 Å². The molecule has 0 aliphatic rings. The van der Waals surface area contributed by atoms with Gasteiger partial charge in [-0.3, -0.25) is 0 Å². The number of rotatable bonds is 7. The Balaban J connectivity index is 2.31. The molecule has 0 aliphatic carbocycles. The first kappa shape index (κ1) is 13.5. The molecule has 0 aromatic carbocycles. The van der Waals surface area contributed by atoms with Crippen LogP contribution >= 0.6 is 11.3 Å². The summed E-state index contributed by atoms with van der Waals surface area (Å²) < 4.78 is 27.6. The molecule has 0 saturated heterocycles. The number of thiophene rings is 1. The third-order valence-electron chi connectivity index (χ3n) is 2.24. The maximum Gasteiger partial charge on any atom is 0.151 e. The number of sulfone groups is 1. The Kier molecular flexibility index (Phi) is 5.24. The number of ether oxygens (including phenoxy) is 1. The second-order valence-corrected chi connectivity index (χ2v) is 6.80. The Morgan fingerprint density at radius 3 is 2.88 bits per heavy atom. The monoisotopic (exact) mass is 263 g/mol. The highest BCUT2D eigenvalue weighted by atomic mass is 32.2. The van der Waals surface area contributed by atoms with E-state index in [1.165, 1.54) is 0 Å². The first-order valence-corrected chi connectivity index (χ1v) is 7.80. The Morgan fingerprint density at radius 1 is 1.50 bits per heavy atom. The normalized spacial score (nSPS) is 11.6. The van der Waals surface area contributed by atoms with Crippen LogP contribution in [0, 0.1) is 0 Å². The Hall–Kier alpha value is -0.590. The van der Waals surface area contributed by atoms with E-state index >= 15 is 0 Å². The van der Waals surface area contributed by atoms with Gasteiger partial charge in [-0.05, 0) is 11.4 Å². The average molecular weight is 263 g/mol. The molecule has 0 atom stereocenters. The molecule has 0 unspecified atom stereocenters. The summed E-state index contributed by atoms with van der Waals surface area (Å²) in [6.45, 7) is 2.80. The second kappa shape index (κ2) is 6.22. The fourth-order valence-corrected chi connectivity index (χ4v) is 2.77. The summed E-state index contributed by atoms with van der Waals surface area (Å²) in [5.74, 6) is 1.25. The van der Waals surface area contributed by atoms with Gasteiger partial charge in [-0.25, -0.2) is 8.42 Å². The number of methoxy groups -OCH3 is 1. The van der Waals surface area contributed by atoms with E-state index in [-0.39, 0.29) is 11.5 Å². The maximum absolute atomic E-state index is 11.2. The van der Waals surface area contributed by atoms with E-state index in [0.717, 1.165) is 10.6 Å². The third kappa shape index (κ3) is 4.11. The summed E-state index contributed by atoms with van der Waals surface area (Å²) in [7, 11) is -1.23. The SMILES string of the molecule is CCS(=O)(=O)CCNCc1sccc1OC. The minimum Gasteiger partial charge on any atom is -0.496 e. The molecule has 0 amide bonds. The molecule has 0 spiro atoms. The highest BCUT2D eigenvalue weighted by molar-refractivity contribution is 7.91. The molecular formula is C10H17NO3S2. The molecule has 6 heteroatoms. The van der Waals surface area contributed by atoms with E-state index in [0.29, 0.717) is 13.1 Å². The molecular weight excluding hydrogens is 246 g/mol. The van der Waals surface area contributed by atoms with Gasteiger partial charge < -0.3 is 10.1 Å². The van der Waals surface area contributed by atoms with Crippen LogP contribution in [0.1, 0.15) is 11.8 Å². The number of hydrogen-bond acceptors (Lipinski definition) is 5. The topological polar surface area (TPSA) is 55.4 Å². The van der Waals surface area contributed by atoms with Crippen LogP contribution in [0.4, 0.5) is 0 Å². The van der Waals surface area contributed by atoms with E-state index in [9.17, 15) is 8.42 Å². The molecule has 1 rings (SSSR count). The van der Waals surface area contributed by atoms with Crippen molar-refractivity contribution < 1.29 is 13.2 Å². The fourth-order valence-electron chi connectivity index (χ4n) is 1.21. The Labute approximate surface area is 101 Å². The van der Waals surface area contributed by atoms with Crippen LogP contribution in [0.3, 0.4) is 0 Å². The van der Waals surface area contributed by atoms with Gasteiger partial charge in [0.1, 0.15) is 5.75 Å². The molecule has 0 aliphatic heterocycles. The van der Waals surface area contributed by atoms with Gasteiger partial charge >= 0.3 is 0 Å². The molecule has 0 radical (unpaired) electrons. The largest absolute Gasteiger partial charge is 0.496 e. The van der Waals surface area contributed by atoms with E-state index in [2.05, 4.69) is 5.32 Å². The highest BCUT2D eigenvalue weighted by Crippen LogP contribution is 2.23. The maximum atomic E-state index is 11.2. The van der Waals surface area contributed by atoms with Crippen molar-refractivity contribution in [3.63, 3.8) is 0 Å². The lowest BCUT2D eigenvalue weighted by molar-refractivity contribution is 0.411. The summed E-state index contributed by atoms with van der Waals surface area (Å²) in [5.41, 5.74) is 0. The number of nitrogens with one attached hydrogen (secondary N) is 1. The average Bonchev–Trinajstić information content (AvgIpc) is 2.72. The zero-order chi connectivity index (χ0) is 12.0. The van der Waals surface area contributed by atoms with E-state index < -0.39 is 9.84 Å². The minimum atomic E-state index is -2.87. The zero-order valence-corrected chi connectivity index (χ0v) is 11.2. The van der Waals surface area contributed by atoms with Crippen LogP contribution in [0.5, 0.6) is 5.75 Å². The lowest BCUT2D eigenvalue weighted by Crippen LogP contribution is -2.23. The van der Waals surface area contributed by atoms with Crippen LogP contribution in [-0.4, -0.2) is 33.6 Å². The molecule has 0 bridgehead atoms. The van der Waals surface area contributed by atoms with Crippen LogP contribution < -0.4 is 10.1 Å². The zero-order valence-electron chi connectivity index (χ0n) is 9.52.